The molecule has 114 valence electrons. The van der Waals surface area contributed by atoms with E-state index in [2.05, 4.69) is 25.7 Å². The summed E-state index contributed by atoms with van der Waals surface area (Å²) in [5, 5.41) is 10.4. The fourth-order valence-electron chi connectivity index (χ4n) is 2.36. The Morgan fingerprint density at radius 1 is 1.20 bits per heavy atom. The minimum absolute atomic E-state index is 0.207. The minimum Gasteiger partial charge on any atom is -0.497 e. The molecule has 0 radical (unpaired) electrons. The lowest BCUT2D eigenvalue weighted by Gasteiger charge is -2.28. The number of rotatable bonds is 6. The largest absolute Gasteiger partial charge is 0.497 e. The van der Waals surface area contributed by atoms with Crippen molar-refractivity contribution in [2.24, 2.45) is 5.41 Å². The molecule has 1 aromatic carbocycles. The normalized spacial score (nSPS) is 13.4. The predicted octanol–water partition coefficient (Wildman–Crippen LogP) is 2.72. The first-order valence-corrected chi connectivity index (χ1v) is 6.85. The summed E-state index contributed by atoms with van der Waals surface area (Å²) >= 11 is 0. The van der Waals surface area contributed by atoms with Gasteiger partial charge in [-0.1, -0.05) is 20.8 Å². The molecule has 0 aliphatic heterocycles. The first kappa shape index (κ1) is 16.8. The lowest BCUT2D eigenvalue weighted by Crippen LogP contribution is -2.32. The summed E-state index contributed by atoms with van der Waals surface area (Å²) in [6.45, 7) is 8.04. The molecule has 0 amide bonds. The summed E-state index contributed by atoms with van der Waals surface area (Å²) in [5.41, 5.74) is 0.993. The molecule has 4 heteroatoms. The topological polar surface area (TPSA) is 41.9 Å². The third-order valence-electron chi connectivity index (χ3n) is 3.03. The molecule has 0 heterocycles. The van der Waals surface area contributed by atoms with Crippen molar-refractivity contribution in [3.63, 3.8) is 0 Å². The number of benzene rings is 1. The van der Waals surface area contributed by atoms with Crippen molar-refractivity contribution in [3.05, 3.63) is 23.8 Å². The van der Waals surface area contributed by atoms with Gasteiger partial charge in [0.25, 0.3) is 0 Å². The molecule has 0 aliphatic carbocycles. The minimum atomic E-state index is -0.580. The zero-order valence-corrected chi connectivity index (χ0v) is 13.4. The third-order valence-corrected chi connectivity index (χ3v) is 3.03. The summed E-state index contributed by atoms with van der Waals surface area (Å²) in [7, 11) is 5.23. The first-order chi connectivity index (χ1) is 9.26. The number of methoxy groups -OCH3 is 2. The third kappa shape index (κ3) is 5.02. The van der Waals surface area contributed by atoms with Crippen LogP contribution in [0.25, 0.3) is 0 Å². The van der Waals surface area contributed by atoms with E-state index in [1.54, 1.807) is 20.3 Å². The maximum Gasteiger partial charge on any atom is 0.128 e. The molecule has 4 nitrogen and oxygen atoms in total. The van der Waals surface area contributed by atoms with Crippen LogP contribution in [0, 0.1) is 5.41 Å². The van der Waals surface area contributed by atoms with Crippen molar-refractivity contribution in [1.29, 1.82) is 0 Å². The van der Waals surface area contributed by atoms with Crippen molar-refractivity contribution in [1.82, 2.24) is 4.90 Å². The van der Waals surface area contributed by atoms with E-state index in [1.165, 1.54) is 0 Å². The summed E-state index contributed by atoms with van der Waals surface area (Å²) < 4.78 is 10.5. The zero-order valence-electron chi connectivity index (χ0n) is 13.4. The second kappa shape index (κ2) is 6.95. The number of nitrogens with zero attached hydrogens (tertiary/aromatic N) is 1. The molecular formula is C16H27NO3. The number of hydrogen-bond acceptors (Lipinski definition) is 4. The quantitative estimate of drug-likeness (QED) is 0.870. The van der Waals surface area contributed by atoms with Gasteiger partial charge < -0.3 is 19.5 Å². The molecule has 0 fully saturated rings. The molecule has 0 spiro atoms. The van der Waals surface area contributed by atoms with Crippen LogP contribution >= 0.6 is 0 Å². The van der Waals surface area contributed by atoms with E-state index in [4.69, 9.17) is 9.47 Å². The van der Waals surface area contributed by atoms with Crippen LogP contribution in [-0.4, -0.2) is 44.4 Å². The molecule has 1 N–H and O–H groups in total. The zero-order chi connectivity index (χ0) is 15.3. The number of likely N-dealkylation sites (N-methyl/N-ethyl adjacent to an activating group) is 1. The standard InChI is InChI=1S/C16H27NO3/c1-16(2,3)11-17(4)10-14(18)13-8-7-12(19-5)9-15(13)20-6/h7-9,14,18H,10-11H2,1-6H3. The highest BCUT2D eigenvalue weighted by Gasteiger charge is 2.19. The molecule has 1 rings (SSSR count). The van der Waals surface area contributed by atoms with Gasteiger partial charge in [0.2, 0.25) is 0 Å². The second-order valence-corrected chi connectivity index (χ2v) is 6.38. The van der Waals surface area contributed by atoms with Crippen LogP contribution in [0.2, 0.25) is 0 Å². The van der Waals surface area contributed by atoms with Crippen molar-refractivity contribution in [2.75, 3.05) is 34.4 Å². The van der Waals surface area contributed by atoms with Crippen LogP contribution in [0.4, 0.5) is 0 Å². The van der Waals surface area contributed by atoms with Crippen LogP contribution in [0.5, 0.6) is 11.5 Å². The Hall–Kier alpha value is -1.26. The number of hydrogen-bond donors (Lipinski definition) is 1. The Balaban J connectivity index is 2.79. The highest BCUT2D eigenvalue weighted by Crippen LogP contribution is 2.30. The van der Waals surface area contributed by atoms with Gasteiger partial charge in [-0.2, -0.15) is 0 Å². The summed E-state index contributed by atoms with van der Waals surface area (Å²) in [6, 6.07) is 5.49. The molecule has 1 unspecified atom stereocenters. The molecular weight excluding hydrogens is 254 g/mol. The Morgan fingerprint density at radius 3 is 2.35 bits per heavy atom. The maximum absolute atomic E-state index is 10.4. The molecule has 0 saturated carbocycles. The Morgan fingerprint density at radius 2 is 1.85 bits per heavy atom. The first-order valence-electron chi connectivity index (χ1n) is 6.85. The molecule has 1 atom stereocenters. The molecule has 0 saturated heterocycles. The SMILES string of the molecule is COc1ccc(C(O)CN(C)CC(C)(C)C)c(OC)c1. The van der Waals surface area contributed by atoms with E-state index in [-0.39, 0.29) is 5.41 Å². The van der Waals surface area contributed by atoms with E-state index < -0.39 is 6.10 Å². The molecule has 20 heavy (non-hydrogen) atoms. The van der Waals surface area contributed by atoms with Crippen molar-refractivity contribution < 1.29 is 14.6 Å². The second-order valence-electron chi connectivity index (χ2n) is 6.38. The van der Waals surface area contributed by atoms with Gasteiger partial charge in [-0.3, -0.25) is 0 Å². The van der Waals surface area contributed by atoms with Gasteiger partial charge in [-0.05, 0) is 24.6 Å². The average molecular weight is 281 g/mol. The predicted molar refractivity (Wildman–Crippen MR) is 81.5 cm³/mol. The van der Waals surface area contributed by atoms with Gasteiger partial charge >= 0.3 is 0 Å². The summed E-state index contributed by atoms with van der Waals surface area (Å²) in [4.78, 5) is 2.13. The van der Waals surface area contributed by atoms with Gasteiger partial charge in [0.05, 0.1) is 20.3 Å². The highest BCUT2D eigenvalue weighted by atomic mass is 16.5. The van der Waals surface area contributed by atoms with Gasteiger partial charge in [0.15, 0.2) is 0 Å². The van der Waals surface area contributed by atoms with Crippen LogP contribution < -0.4 is 9.47 Å². The monoisotopic (exact) mass is 281 g/mol. The summed E-state index contributed by atoms with van der Waals surface area (Å²) in [6.07, 6.45) is -0.580. The molecule has 0 aliphatic rings. The molecule has 0 aromatic heterocycles. The Labute approximate surface area is 122 Å². The van der Waals surface area contributed by atoms with Crippen LogP contribution in [0.15, 0.2) is 18.2 Å². The molecule has 1 aromatic rings. The number of aliphatic hydroxyl groups excluding tert-OH is 1. The summed E-state index contributed by atoms with van der Waals surface area (Å²) in [5.74, 6) is 1.38. The van der Waals surface area contributed by atoms with Crippen LogP contribution in [0.1, 0.15) is 32.4 Å². The van der Waals surface area contributed by atoms with Gasteiger partial charge in [0, 0.05) is 24.7 Å². The highest BCUT2D eigenvalue weighted by molar-refractivity contribution is 5.42. The van der Waals surface area contributed by atoms with E-state index in [1.807, 2.05) is 19.2 Å². The fraction of sp³-hybridized carbons (Fsp3) is 0.625. The number of ether oxygens (including phenoxy) is 2. The van der Waals surface area contributed by atoms with E-state index in [0.717, 1.165) is 17.9 Å². The average Bonchev–Trinajstić information content (AvgIpc) is 2.35. The Kier molecular flexibility index (Phi) is 5.84. The van der Waals surface area contributed by atoms with Crippen molar-refractivity contribution in [2.45, 2.75) is 26.9 Å². The van der Waals surface area contributed by atoms with Gasteiger partial charge in [0.1, 0.15) is 11.5 Å². The van der Waals surface area contributed by atoms with Crippen molar-refractivity contribution in [3.8, 4) is 11.5 Å². The van der Waals surface area contributed by atoms with E-state index >= 15 is 0 Å². The fourth-order valence-corrected chi connectivity index (χ4v) is 2.36. The Bertz CT molecular complexity index is 426. The smallest absolute Gasteiger partial charge is 0.128 e. The maximum atomic E-state index is 10.4. The lowest BCUT2D eigenvalue weighted by molar-refractivity contribution is 0.106. The van der Waals surface area contributed by atoms with Gasteiger partial charge in [-0.25, -0.2) is 0 Å². The number of aliphatic hydroxyl groups is 1. The van der Waals surface area contributed by atoms with Gasteiger partial charge in [-0.15, -0.1) is 0 Å². The van der Waals surface area contributed by atoms with Crippen LogP contribution in [-0.2, 0) is 0 Å². The lowest BCUT2D eigenvalue weighted by atomic mass is 9.96. The van der Waals surface area contributed by atoms with Crippen LogP contribution in [0.3, 0.4) is 0 Å². The van der Waals surface area contributed by atoms with E-state index in [9.17, 15) is 5.11 Å². The van der Waals surface area contributed by atoms with Crippen molar-refractivity contribution >= 4 is 0 Å². The van der Waals surface area contributed by atoms with E-state index in [0.29, 0.717) is 12.3 Å². The molecule has 0 bridgehead atoms.